The lowest BCUT2D eigenvalue weighted by Crippen LogP contribution is -2.43. The zero-order valence-electron chi connectivity index (χ0n) is 14.9. The van der Waals surface area contributed by atoms with Gasteiger partial charge in [-0.2, -0.15) is 11.8 Å². The number of aromatic nitrogens is 2. The van der Waals surface area contributed by atoms with Gasteiger partial charge in [-0.3, -0.25) is 4.99 Å². The highest BCUT2D eigenvalue weighted by Crippen LogP contribution is 2.19. The van der Waals surface area contributed by atoms with Crippen molar-refractivity contribution in [3.05, 3.63) is 54.1 Å². The summed E-state index contributed by atoms with van der Waals surface area (Å²) in [6.07, 6.45) is 5.97. The van der Waals surface area contributed by atoms with Gasteiger partial charge in [0.15, 0.2) is 5.96 Å². The summed E-state index contributed by atoms with van der Waals surface area (Å²) in [5.74, 6) is 1.79. The van der Waals surface area contributed by atoms with E-state index in [1.54, 1.807) is 7.05 Å². The zero-order chi connectivity index (χ0) is 17.4. The molecule has 0 saturated heterocycles. The lowest BCUT2D eigenvalue weighted by Gasteiger charge is -2.23. The van der Waals surface area contributed by atoms with Gasteiger partial charge in [-0.05, 0) is 25.7 Å². The standard InChI is InChI=1S/C18H27N5S/c1-18(2,24-4)14-22-17(19-3)21-12-16-20-10-11-23(16)13-15-8-6-5-7-9-15/h5-11H,12-14H2,1-4H3,(H2,19,21,22). The Morgan fingerprint density at radius 2 is 2.00 bits per heavy atom. The molecule has 0 fully saturated rings. The van der Waals surface area contributed by atoms with Crippen LogP contribution < -0.4 is 10.6 Å². The van der Waals surface area contributed by atoms with Crippen LogP contribution in [0.15, 0.2) is 47.7 Å². The van der Waals surface area contributed by atoms with Crippen LogP contribution in [0.2, 0.25) is 0 Å². The SMILES string of the molecule is CN=C(NCc1nccn1Cc1ccccc1)NCC(C)(C)SC. The number of thioether (sulfide) groups is 1. The van der Waals surface area contributed by atoms with Crippen LogP contribution in [0.25, 0.3) is 0 Å². The number of guanidine groups is 1. The van der Waals surface area contributed by atoms with Crippen molar-refractivity contribution in [1.29, 1.82) is 0 Å². The van der Waals surface area contributed by atoms with Crippen molar-refractivity contribution >= 4 is 17.7 Å². The topological polar surface area (TPSA) is 54.2 Å². The molecule has 0 aliphatic rings. The maximum atomic E-state index is 4.46. The number of nitrogens with zero attached hydrogens (tertiary/aromatic N) is 3. The zero-order valence-corrected chi connectivity index (χ0v) is 15.7. The normalized spacial score (nSPS) is 12.2. The highest BCUT2D eigenvalue weighted by molar-refractivity contribution is 7.99. The van der Waals surface area contributed by atoms with E-state index < -0.39 is 0 Å². The summed E-state index contributed by atoms with van der Waals surface area (Å²) < 4.78 is 2.32. The smallest absolute Gasteiger partial charge is 0.191 e. The van der Waals surface area contributed by atoms with E-state index in [-0.39, 0.29) is 4.75 Å². The molecule has 2 rings (SSSR count). The van der Waals surface area contributed by atoms with Gasteiger partial charge in [-0.15, -0.1) is 0 Å². The molecule has 6 heteroatoms. The maximum absolute atomic E-state index is 4.46. The molecule has 0 amide bonds. The second kappa shape index (κ2) is 8.78. The fraction of sp³-hybridized carbons (Fsp3) is 0.444. The van der Waals surface area contributed by atoms with E-state index in [2.05, 4.69) is 69.5 Å². The fourth-order valence-electron chi connectivity index (χ4n) is 2.18. The molecule has 0 unspecified atom stereocenters. The molecule has 2 N–H and O–H groups in total. The molecule has 0 radical (unpaired) electrons. The van der Waals surface area contributed by atoms with Gasteiger partial charge in [0.05, 0.1) is 6.54 Å². The number of benzene rings is 1. The van der Waals surface area contributed by atoms with Crippen LogP contribution in [-0.4, -0.2) is 40.1 Å². The minimum absolute atomic E-state index is 0.170. The summed E-state index contributed by atoms with van der Waals surface area (Å²) in [5.41, 5.74) is 1.26. The second-order valence-electron chi connectivity index (χ2n) is 6.20. The van der Waals surface area contributed by atoms with Crippen LogP contribution in [0.1, 0.15) is 25.2 Å². The molecular formula is C18H27N5S. The van der Waals surface area contributed by atoms with Crippen molar-refractivity contribution in [2.75, 3.05) is 19.8 Å². The number of hydrogen-bond donors (Lipinski definition) is 2. The van der Waals surface area contributed by atoms with Crippen LogP contribution in [0, 0.1) is 0 Å². The first-order chi connectivity index (χ1) is 11.5. The predicted octanol–water partition coefficient (Wildman–Crippen LogP) is 2.74. The molecule has 1 heterocycles. The van der Waals surface area contributed by atoms with Gasteiger partial charge in [0.1, 0.15) is 5.82 Å². The van der Waals surface area contributed by atoms with Gasteiger partial charge in [0, 0.05) is 37.3 Å². The minimum Gasteiger partial charge on any atom is -0.355 e. The summed E-state index contributed by atoms with van der Waals surface area (Å²) >= 11 is 1.84. The molecule has 0 aliphatic carbocycles. The van der Waals surface area contributed by atoms with Gasteiger partial charge in [0.25, 0.3) is 0 Å². The van der Waals surface area contributed by atoms with Crippen molar-refractivity contribution in [3.8, 4) is 0 Å². The number of imidazole rings is 1. The molecule has 0 atom stereocenters. The molecule has 24 heavy (non-hydrogen) atoms. The molecule has 1 aromatic heterocycles. The van der Waals surface area contributed by atoms with Crippen LogP contribution in [0.3, 0.4) is 0 Å². The molecule has 1 aromatic carbocycles. The largest absolute Gasteiger partial charge is 0.355 e. The third-order valence-corrected chi connectivity index (χ3v) is 5.12. The van der Waals surface area contributed by atoms with Gasteiger partial charge in [-0.1, -0.05) is 30.3 Å². The van der Waals surface area contributed by atoms with Crippen LogP contribution in [0.5, 0.6) is 0 Å². The van der Waals surface area contributed by atoms with E-state index in [0.29, 0.717) is 6.54 Å². The Bertz CT molecular complexity index is 648. The van der Waals surface area contributed by atoms with Gasteiger partial charge in [0.2, 0.25) is 0 Å². The average Bonchev–Trinajstić information content (AvgIpc) is 3.03. The summed E-state index contributed by atoms with van der Waals surface area (Å²) in [5, 5.41) is 6.71. The lowest BCUT2D eigenvalue weighted by molar-refractivity contribution is 0.651. The first-order valence-corrected chi connectivity index (χ1v) is 9.30. The van der Waals surface area contributed by atoms with Crippen molar-refractivity contribution in [2.24, 2.45) is 4.99 Å². The van der Waals surface area contributed by atoms with E-state index >= 15 is 0 Å². The molecule has 0 spiro atoms. The summed E-state index contributed by atoms with van der Waals surface area (Å²) in [6.45, 7) is 6.74. The monoisotopic (exact) mass is 345 g/mol. The Hall–Kier alpha value is -1.95. The van der Waals surface area contributed by atoms with Crippen molar-refractivity contribution in [1.82, 2.24) is 20.2 Å². The first-order valence-electron chi connectivity index (χ1n) is 8.07. The van der Waals surface area contributed by atoms with Crippen LogP contribution >= 0.6 is 11.8 Å². The summed E-state index contributed by atoms with van der Waals surface area (Å²) in [7, 11) is 1.79. The Balaban J connectivity index is 1.91. The molecule has 0 saturated carbocycles. The summed E-state index contributed by atoms with van der Waals surface area (Å²) in [6, 6.07) is 10.4. The fourth-order valence-corrected chi connectivity index (χ4v) is 2.40. The second-order valence-corrected chi connectivity index (χ2v) is 7.71. The number of rotatable bonds is 7. The summed E-state index contributed by atoms with van der Waals surface area (Å²) in [4.78, 5) is 8.74. The quantitative estimate of drug-likeness (QED) is 0.598. The highest BCUT2D eigenvalue weighted by Gasteiger charge is 2.16. The maximum Gasteiger partial charge on any atom is 0.191 e. The molecule has 0 aliphatic heterocycles. The van der Waals surface area contributed by atoms with Crippen molar-refractivity contribution in [3.63, 3.8) is 0 Å². The Morgan fingerprint density at radius 1 is 1.25 bits per heavy atom. The van der Waals surface area contributed by atoms with E-state index in [9.17, 15) is 0 Å². The van der Waals surface area contributed by atoms with E-state index in [1.165, 1.54) is 5.56 Å². The van der Waals surface area contributed by atoms with E-state index in [4.69, 9.17) is 0 Å². The molecule has 0 bridgehead atoms. The van der Waals surface area contributed by atoms with Gasteiger partial charge < -0.3 is 15.2 Å². The van der Waals surface area contributed by atoms with E-state index in [1.807, 2.05) is 30.2 Å². The van der Waals surface area contributed by atoms with Crippen molar-refractivity contribution in [2.45, 2.75) is 31.7 Å². The molecule has 130 valence electrons. The Kier molecular flexibility index (Phi) is 6.73. The van der Waals surface area contributed by atoms with Crippen LogP contribution in [-0.2, 0) is 13.1 Å². The first kappa shape index (κ1) is 18.4. The van der Waals surface area contributed by atoms with Gasteiger partial charge >= 0.3 is 0 Å². The molecule has 5 nitrogen and oxygen atoms in total. The number of aliphatic imine (C=N–C) groups is 1. The third-order valence-electron chi connectivity index (χ3n) is 3.87. The van der Waals surface area contributed by atoms with E-state index in [0.717, 1.165) is 24.9 Å². The predicted molar refractivity (Wildman–Crippen MR) is 104 cm³/mol. The van der Waals surface area contributed by atoms with Crippen LogP contribution in [0.4, 0.5) is 0 Å². The number of hydrogen-bond acceptors (Lipinski definition) is 3. The number of nitrogens with one attached hydrogen (secondary N) is 2. The Morgan fingerprint density at radius 3 is 2.67 bits per heavy atom. The lowest BCUT2D eigenvalue weighted by atomic mass is 10.2. The minimum atomic E-state index is 0.170. The highest BCUT2D eigenvalue weighted by atomic mass is 32.2. The van der Waals surface area contributed by atoms with Crippen molar-refractivity contribution < 1.29 is 0 Å². The van der Waals surface area contributed by atoms with Gasteiger partial charge in [-0.25, -0.2) is 4.98 Å². The molecule has 2 aromatic rings. The third kappa shape index (κ3) is 5.60. The average molecular weight is 346 g/mol. The Labute approximate surface area is 149 Å². The molecular weight excluding hydrogens is 318 g/mol.